The van der Waals surface area contributed by atoms with E-state index in [1.807, 2.05) is 25.1 Å². The molecular weight excluding hydrogens is 240 g/mol. The number of nitrogens with one attached hydrogen (secondary N) is 2. The first-order valence-corrected chi connectivity index (χ1v) is 6.97. The van der Waals surface area contributed by atoms with Crippen molar-refractivity contribution in [1.29, 1.82) is 0 Å². The molecule has 2 atom stereocenters. The van der Waals surface area contributed by atoms with E-state index in [9.17, 15) is 4.79 Å². The van der Waals surface area contributed by atoms with Crippen molar-refractivity contribution in [3.05, 3.63) is 35.9 Å². The fourth-order valence-electron chi connectivity index (χ4n) is 2.33. The second-order valence-electron chi connectivity index (χ2n) is 4.85. The summed E-state index contributed by atoms with van der Waals surface area (Å²) in [6.45, 7) is 3.98. The van der Waals surface area contributed by atoms with Crippen LogP contribution in [-0.4, -0.2) is 31.2 Å². The largest absolute Gasteiger partial charge is 0.465 e. The lowest BCUT2D eigenvalue weighted by Crippen LogP contribution is -2.51. The minimum Gasteiger partial charge on any atom is -0.465 e. The third kappa shape index (κ3) is 4.33. The minimum atomic E-state index is -0.130. The summed E-state index contributed by atoms with van der Waals surface area (Å²) in [5.41, 5.74) is 1.29. The van der Waals surface area contributed by atoms with E-state index in [2.05, 4.69) is 22.8 Å². The van der Waals surface area contributed by atoms with Crippen LogP contribution in [0.3, 0.4) is 0 Å². The average Bonchev–Trinajstić information content (AvgIpc) is 2.47. The highest BCUT2D eigenvalue weighted by Gasteiger charge is 2.26. The molecular formula is C15H22N2O2. The van der Waals surface area contributed by atoms with E-state index in [4.69, 9.17) is 4.74 Å². The maximum absolute atomic E-state index is 11.6. The molecule has 1 aliphatic heterocycles. The molecule has 4 nitrogen and oxygen atoms in total. The molecule has 2 rings (SSSR count). The molecule has 0 amide bonds. The molecule has 0 spiro atoms. The van der Waals surface area contributed by atoms with E-state index in [-0.39, 0.29) is 12.0 Å². The van der Waals surface area contributed by atoms with E-state index in [0.717, 1.165) is 25.9 Å². The number of carbonyl (C=O) groups excluding carboxylic acids is 1. The highest BCUT2D eigenvalue weighted by Crippen LogP contribution is 2.10. The number of carbonyl (C=O) groups is 1. The summed E-state index contributed by atoms with van der Waals surface area (Å²) in [6, 6.07) is 10.6. The van der Waals surface area contributed by atoms with Crippen molar-refractivity contribution in [1.82, 2.24) is 10.6 Å². The van der Waals surface area contributed by atoms with Gasteiger partial charge in [-0.05, 0) is 25.3 Å². The molecule has 19 heavy (non-hydrogen) atoms. The van der Waals surface area contributed by atoms with Crippen LogP contribution in [0.15, 0.2) is 30.3 Å². The summed E-state index contributed by atoms with van der Waals surface area (Å²) in [5, 5.41) is 6.77. The number of hydrogen-bond donors (Lipinski definition) is 2. The lowest BCUT2D eigenvalue weighted by Gasteiger charge is -2.29. The van der Waals surface area contributed by atoms with Gasteiger partial charge < -0.3 is 15.4 Å². The van der Waals surface area contributed by atoms with Crippen LogP contribution in [0, 0.1) is 0 Å². The Morgan fingerprint density at radius 2 is 2.16 bits per heavy atom. The van der Waals surface area contributed by atoms with Crippen molar-refractivity contribution in [2.24, 2.45) is 0 Å². The standard InChI is InChI=1S/C15H22N2O2/c1-2-19-15(18)14-9-8-13(11-17-14)16-10-12-6-4-3-5-7-12/h3-7,13-14,16-17H,2,8-11H2,1H3/t13-,14+/m0/s1. The van der Waals surface area contributed by atoms with Gasteiger partial charge in [-0.1, -0.05) is 30.3 Å². The molecule has 1 aromatic carbocycles. The summed E-state index contributed by atoms with van der Waals surface area (Å²) >= 11 is 0. The van der Waals surface area contributed by atoms with E-state index in [1.54, 1.807) is 0 Å². The van der Waals surface area contributed by atoms with Gasteiger partial charge in [0.2, 0.25) is 0 Å². The number of benzene rings is 1. The summed E-state index contributed by atoms with van der Waals surface area (Å²) < 4.78 is 5.02. The Hall–Kier alpha value is -1.39. The van der Waals surface area contributed by atoms with Crippen molar-refractivity contribution in [3.63, 3.8) is 0 Å². The van der Waals surface area contributed by atoms with Crippen LogP contribution in [0.4, 0.5) is 0 Å². The summed E-state index contributed by atoms with van der Waals surface area (Å²) in [4.78, 5) is 11.6. The van der Waals surface area contributed by atoms with E-state index >= 15 is 0 Å². The molecule has 104 valence electrons. The quantitative estimate of drug-likeness (QED) is 0.789. The monoisotopic (exact) mass is 262 g/mol. The predicted molar refractivity (Wildman–Crippen MR) is 74.7 cm³/mol. The van der Waals surface area contributed by atoms with Gasteiger partial charge in [-0.3, -0.25) is 4.79 Å². The predicted octanol–water partition coefficient (Wildman–Crippen LogP) is 1.46. The molecule has 4 heteroatoms. The molecule has 0 saturated carbocycles. The number of piperidine rings is 1. The highest BCUT2D eigenvalue weighted by atomic mass is 16.5. The fraction of sp³-hybridized carbons (Fsp3) is 0.533. The van der Waals surface area contributed by atoms with Crippen LogP contribution in [0.25, 0.3) is 0 Å². The van der Waals surface area contributed by atoms with Gasteiger partial charge in [-0.25, -0.2) is 0 Å². The first kappa shape index (κ1) is 14.0. The molecule has 1 aliphatic rings. The molecule has 0 unspecified atom stereocenters. The summed E-state index contributed by atoms with van der Waals surface area (Å²) in [5.74, 6) is -0.121. The van der Waals surface area contributed by atoms with Crippen molar-refractivity contribution in [3.8, 4) is 0 Å². The number of ether oxygens (including phenoxy) is 1. The topological polar surface area (TPSA) is 50.4 Å². The Morgan fingerprint density at radius 3 is 2.79 bits per heavy atom. The van der Waals surface area contributed by atoms with Crippen molar-refractivity contribution >= 4 is 5.97 Å². The SMILES string of the molecule is CCOC(=O)[C@H]1CC[C@H](NCc2ccccc2)CN1. The molecule has 0 bridgehead atoms. The highest BCUT2D eigenvalue weighted by molar-refractivity contribution is 5.75. The van der Waals surface area contributed by atoms with Crippen LogP contribution < -0.4 is 10.6 Å². The molecule has 1 fully saturated rings. The lowest BCUT2D eigenvalue weighted by molar-refractivity contribution is -0.146. The van der Waals surface area contributed by atoms with Gasteiger partial charge in [0.1, 0.15) is 6.04 Å². The lowest BCUT2D eigenvalue weighted by atomic mass is 10.0. The average molecular weight is 262 g/mol. The zero-order valence-corrected chi connectivity index (χ0v) is 11.4. The van der Waals surface area contributed by atoms with Gasteiger partial charge in [-0.2, -0.15) is 0 Å². The van der Waals surface area contributed by atoms with E-state index in [0.29, 0.717) is 12.6 Å². The van der Waals surface area contributed by atoms with Gasteiger partial charge in [0, 0.05) is 19.1 Å². The second kappa shape index (κ2) is 7.26. The van der Waals surface area contributed by atoms with Crippen molar-refractivity contribution in [2.75, 3.05) is 13.2 Å². The Bertz CT molecular complexity index is 386. The van der Waals surface area contributed by atoms with Crippen LogP contribution in [0.2, 0.25) is 0 Å². The number of esters is 1. The molecule has 1 heterocycles. The third-order valence-electron chi connectivity index (χ3n) is 3.42. The Kier molecular flexibility index (Phi) is 5.36. The first-order chi connectivity index (χ1) is 9.29. The van der Waals surface area contributed by atoms with Crippen LogP contribution in [0.5, 0.6) is 0 Å². The van der Waals surface area contributed by atoms with E-state index in [1.165, 1.54) is 5.56 Å². The van der Waals surface area contributed by atoms with Gasteiger partial charge in [0.25, 0.3) is 0 Å². The molecule has 0 radical (unpaired) electrons. The van der Waals surface area contributed by atoms with Crippen molar-refractivity contribution in [2.45, 2.75) is 38.4 Å². The molecule has 0 aromatic heterocycles. The van der Waals surface area contributed by atoms with Gasteiger partial charge >= 0.3 is 5.97 Å². The molecule has 1 saturated heterocycles. The zero-order chi connectivity index (χ0) is 13.5. The number of hydrogen-bond acceptors (Lipinski definition) is 4. The zero-order valence-electron chi connectivity index (χ0n) is 11.4. The van der Waals surface area contributed by atoms with Gasteiger partial charge in [0.05, 0.1) is 6.61 Å². The maximum atomic E-state index is 11.6. The molecule has 0 aliphatic carbocycles. The molecule has 2 N–H and O–H groups in total. The summed E-state index contributed by atoms with van der Waals surface area (Å²) in [6.07, 6.45) is 1.84. The Morgan fingerprint density at radius 1 is 1.37 bits per heavy atom. The van der Waals surface area contributed by atoms with Crippen LogP contribution >= 0.6 is 0 Å². The third-order valence-corrected chi connectivity index (χ3v) is 3.42. The van der Waals surface area contributed by atoms with Crippen molar-refractivity contribution < 1.29 is 9.53 Å². The minimum absolute atomic E-state index is 0.121. The van der Waals surface area contributed by atoms with Crippen LogP contribution in [0.1, 0.15) is 25.3 Å². The Balaban J connectivity index is 1.70. The normalized spacial score (nSPS) is 23.0. The first-order valence-electron chi connectivity index (χ1n) is 6.97. The molecule has 1 aromatic rings. The van der Waals surface area contributed by atoms with Gasteiger partial charge in [-0.15, -0.1) is 0 Å². The van der Waals surface area contributed by atoms with Crippen LogP contribution in [-0.2, 0) is 16.1 Å². The second-order valence-corrected chi connectivity index (χ2v) is 4.85. The fourth-order valence-corrected chi connectivity index (χ4v) is 2.33. The maximum Gasteiger partial charge on any atom is 0.323 e. The Labute approximate surface area is 114 Å². The number of rotatable bonds is 5. The van der Waals surface area contributed by atoms with E-state index < -0.39 is 0 Å². The summed E-state index contributed by atoms with van der Waals surface area (Å²) in [7, 11) is 0. The van der Waals surface area contributed by atoms with Gasteiger partial charge in [0.15, 0.2) is 0 Å². The smallest absolute Gasteiger partial charge is 0.323 e.